The number of benzene rings is 1. The fraction of sp³-hybridized carbons (Fsp3) is 0.385. The number of urea groups is 1. The summed E-state index contributed by atoms with van der Waals surface area (Å²) in [5.41, 5.74) is 0.949. The van der Waals surface area contributed by atoms with E-state index in [0.717, 1.165) is 11.3 Å². The molecular weight excluding hydrogens is 246 g/mol. The van der Waals surface area contributed by atoms with E-state index in [-0.39, 0.29) is 5.91 Å². The molecule has 0 radical (unpaired) electrons. The Labute approximate surface area is 112 Å². The maximum absolute atomic E-state index is 11.6. The molecule has 0 fully saturated rings. The van der Waals surface area contributed by atoms with Crippen molar-refractivity contribution < 1.29 is 14.3 Å². The van der Waals surface area contributed by atoms with Crippen LogP contribution in [0.2, 0.25) is 0 Å². The van der Waals surface area contributed by atoms with Gasteiger partial charge in [0.15, 0.2) is 0 Å². The van der Waals surface area contributed by atoms with Crippen molar-refractivity contribution in [2.24, 2.45) is 0 Å². The molecule has 19 heavy (non-hydrogen) atoms. The Balaban J connectivity index is 2.51. The fourth-order valence-corrected chi connectivity index (χ4v) is 1.49. The lowest BCUT2D eigenvalue weighted by Crippen LogP contribution is -2.47. The van der Waals surface area contributed by atoms with Gasteiger partial charge in [-0.3, -0.25) is 10.1 Å². The van der Waals surface area contributed by atoms with Gasteiger partial charge >= 0.3 is 6.03 Å². The number of carbonyl (C=O) groups is 2. The monoisotopic (exact) mass is 265 g/mol. The lowest BCUT2D eigenvalue weighted by atomic mass is 10.2. The molecule has 0 aliphatic heterocycles. The van der Waals surface area contributed by atoms with E-state index in [9.17, 15) is 9.59 Å². The van der Waals surface area contributed by atoms with Crippen LogP contribution in [-0.2, 0) is 11.3 Å². The maximum atomic E-state index is 11.6. The van der Waals surface area contributed by atoms with Gasteiger partial charge in [-0.2, -0.15) is 0 Å². The first kappa shape index (κ1) is 15.0. The average molecular weight is 265 g/mol. The topological polar surface area (TPSA) is 79.5 Å². The summed E-state index contributed by atoms with van der Waals surface area (Å²) in [5, 5.41) is 7.57. The zero-order valence-electron chi connectivity index (χ0n) is 11.3. The molecule has 1 aromatic carbocycles. The van der Waals surface area contributed by atoms with E-state index in [1.54, 1.807) is 14.0 Å². The van der Waals surface area contributed by atoms with Crippen LogP contribution in [0, 0.1) is 0 Å². The summed E-state index contributed by atoms with van der Waals surface area (Å²) >= 11 is 0. The molecular formula is C13H19N3O3. The summed E-state index contributed by atoms with van der Waals surface area (Å²) in [7, 11) is 3.05. The van der Waals surface area contributed by atoms with Gasteiger partial charge in [-0.25, -0.2) is 4.79 Å². The van der Waals surface area contributed by atoms with Gasteiger partial charge < -0.3 is 15.4 Å². The van der Waals surface area contributed by atoms with Crippen LogP contribution in [0.5, 0.6) is 5.75 Å². The number of rotatable bonds is 5. The Kier molecular flexibility index (Phi) is 5.81. The SMILES string of the molecule is CNC(=O)NC(=O)C(C)NCc1ccccc1OC. The van der Waals surface area contributed by atoms with Crippen LogP contribution in [-0.4, -0.2) is 32.1 Å². The highest BCUT2D eigenvalue weighted by Crippen LogP contribution is 2.16. The summed E-state index contributed by atoms with van der Waals surface area (Å²) in [6, 6.07) is 6.54. The number of nitrogens with one attached hydrogen (secondary N) is 3. The van der Waals surface area contributed by atoms with Gasteiger partial charge in [-0.1, -0.05) is 18.2 Å². The fourth-order valence-electron chi connectivity index (χ4n) is 1.49. The Morgan fingerprint density at radius 2 is 2.00 bits per heavy atom. The standard InChI is InChI=1S/C13H19N3O3/c1-9(12(17)16-13(18)14-2)15-8-10-6-4-5-7-11(10)19-3/h4-7,9,15H,8H2,1-3H3,(H2,14,16,17,18). The van der Waals surface area contributed by atoms with Gasteiger partial charge in [0.2, 0.25) is 5.91 Å². The van der Waals surface area contributed by atoms with E-state index in [2.05, 4.69) is 16.0 Å². The van der Waals surface area contributed by atoms with Gasteiger partial charge in [-0.05, 0) is 13.0 Å². The molecule has 0 spiro atoms. The van der Waals surface area contributed by atoms with Crippen LogP contribution in [0.4, 0.5) is 4.79 Å². The van der Waals surface area contributed by atoms with E-state index in [1.807, 2.05) is 24.3 Å². The molecule has 6 nitrogen and oxygen atoms in total. The zero-order valence-corrected chi connectivity index (χ0v) is 11.3. The number of amides is 3. The quantitative estimate of drug-likeness (QED) is 0.729. The molecule has 0 aliphatic carbocycles. The first-order chi connectivity index (χ1) is 9.08. The molecule has 0 aliphatic rings. The molecule has 104 valence electrons. The van der Waals surface area contributed by atoms with Crippen molar-refractivity contribution in [2.75, 3.05) is 14.2 Å². The van der Waals surface area contributed by atoms with Crippen molar-refractivity contribution >= 4 is 11.9 Å². The minimum absolute atomic E-state index is 0.380. The molecule has 0 bridgehead atoms. The Morgan fingerprint density at radius 1 is 1.32 bits per heavy atom. The maximum Gasteiger partial charge on any atom is 0.321 e. The molecule has 3 N–H and O–H groups in total. The minimum atomic E-state index is -0.518. The number of ether oxygens (including phenoxy) is 1. The van der Waals surface area contributed by atoms with Crippen LogP contribution in [0.15, 0.2) is 24.3 Å². The Morgan fingerprint density at radius 3 is 2.63 bits per heavy atom. The van der Waals surface area contributed by atoms with Crippen LogP contribution in [0.1, 0.15) is 12.5 Å². The third-order valence-electron chi connectivity index (χ3n) is 2.65. The normalized spacial score (nSPS) is 11.5. The van der Waals surface area contributed by atoms with E-state index in [1.165, 1.54) is 7.05 Å². The van der Waals surface area contributed by atoms with Gasteiger partial charge in [-0.15, -0.1) is 0 Å². The number of para-hydroxylation sites is 1. The second-order valence-electron chi connectivity index (χ2n) is 3.98. The predicted octanol–water partition coefficient (Wildman–Crippen LogP) is 0.629. The molecule has 1 rings (SSSR count). The van der Waals surface area contributed by atoms with Crippen molar-refractivity contribution in [3.8, 4) is 5.75 Å². The van der Waals surface area contributed by atoms with E-state index in [0.29, 0.717) is 6.54 Å². The second kappa shape index (κ2) is 7.38. The van der Waals surface area contributed by atoms with Crippen molar-refractivity contribution in [2.45, 2.75) is 19.5 Å². The second-order valence-corrected chi connectivity index (χ2v) is 3.98. The van der Waals surface area contributed by atoms with Crippen molar-refractivity contribution in [1.82, 2.24) is 16.0 Å². The molecule has 1 atom stereocenters. The number of methoxy groups -OCH3 is 1. The first-order valence-corrected chi connectivity index (χ1v) is 5.96. The zero-order chi connectivity index (χ0) is 14.3. The van der Waals surface area contributed by atoms with Gasteiger partial charge in [0, 0.05) is 19.2 Å². The summed E-state index contributed by atoms with van der Waals surface area (Å²) in [5.74, 6) is 0.378. The lowest BCUT2D eigenvalue weighted by Gasteiger charge is -2.14. The molecule has 0 saturated carbocycles. The van der Waals surface area contributed by atoms with Crippen molar-refractivity contribution in [1.29, 1.82) is 0 Å². The Bertz CT molecular complexity index is 449. The average Bonchev–Trinajstić information content (AvgIpc) is 2.44. The van der Waals surface area contributed by atoms with Gasteiger partial charge in [0.05, 0.1) is 13.2 Å². The minimum Gasteiger partial charge on any atom is -0.496 e. The highest BCUT2D eigenvalue weighted by atomic mass is 16.5. The van der Waals surface area contributed by atoms with Crippen LogP contribution >= 0.6 is 0 Å². The van der Waals surface area contributed by atoms with Crippen molar-refractivity contribution in [3.63, 3.8) is 0 Å². The molecule has 1 unspecified atom stereocenters. The van der Waals surface area contributed by atoms with Crippen molar-refractivity contribution in [3.05, 3.63) is 29.8 Å². The summed E-state index contributed by atoms with van der Waals surface area (Å²) < 4.78 is 5.22. The first-order valence-electron chi connectivity index (χ1n) is 5.96. The van der Waals surface area contributed by atoms with Gasteiger partial charge in [0.25, 0.3) is 0 Å². The third kappa shape index (κ3) is 4.59. The number of hydrogen-bond donors (Lipinski definition) is 3. The van der Waals surface area contributed by atoms with E-state index >= 15 is 0 Å². The highest BCUT2D eigenvalue weighted by Gasteiger charge is 2.14. The van der Waals surface area contributed by atoms with Gasteiger partial charge in [0.1, 0.15) is 5.75 Å². The van der Waals surface area contributed by atoms with Crippen LogP contribution < -0.4 is 20.7 Å². The smallest absolute Gasteiger partial charge is 0.321 e. The largest absolute Gasteiger partial charge is 0.496 e. The lowest BCUT2D eigenvalue weighted by molar-refractivity contribution is -0.121. The molecule has 6 heteroatoms. The van der Waals surface area contributed by atoms with E-state index < -0.39 is 12.1 Å². The molecule has 0 saturated heterocycles. The summed E-state index contributed by atoms with van der Waals surface area (Å²) in [4.78, 5) is 22.6. The predicted molar refractivity (Wildman–Crippen MR) is 71.9 cm³/mol. The van der Waals surface area contributed by atoms with E-state index in [4.69, 9.17) is 4.74 Å². The molecule has 3 amide bonds. The highest BCUT2D eigenvalue weighted by molar-refractivity contribution is 5.96. The third-order valence-corrected chi connectivity index (χ3v) is 2.65. The molecule has 1 aromatic rings. The summed E-state index contributed by atoms with van der Waals surface area (Å²) in [6.07, 6.45) is 0. The summed E-state index contributed by atoms with van der Waals surface area (Å²) in [6.45, 7) is 2.17. The van der Waals surface area contributed by atoms with Crippen LogP contribution in [0.3, 0.4) is 0 Å². The van der Waals surface area contributed by atoms with Crippen LogP contribution in [0.25, 0.3) is 0 Å². The number of carbonyl (C=O) groups excluding carboxylic acids is 2. The molecule has 0 heterocycles. The molecule has 0 aromatic heterocycles. The number of imide groups is 1. The Hall–Kier alpha value is -2.08. The number of hydrogen-bond acceptors (Lipinski definition) is 4.